The lowest BCUT2D eigenvalue weighted by atomic mass is 10.1. The Kier molecular flexibility index (Phi) is 6.26. The highest BCUT2D eigenvalue weighted by atomic mass is 32.2. The van der Waals surface area contributed by atoms with Crippen LogP contribution in [0.4, 0.5) is 5.69 Å². The van der Waals surface area contributed by atoms with Gasteiger partial charge in [0, 0.05) is 26.2 Å². The van der Waals surface area contributed by atoms with Gasteiger partial charge in [0.25, 0.3) is 0 Å². The van der Waals surface area contributed by atoms with Crippen LogP contribution in [0, 0.1) is 0 Å². The first-order valence-corrected chi connectivity index (χ1v) is 13.0. The van der Waals surface area contributed by atoms with Crippen molar-refractivity contribution in [2.45, 2.75) is 12.2 Å². The molecule has 0 aliphatic carbocycles. The molecule has 2 heterocycles. The SMILES string of the molecule is COc1cccc2c1Oc1ccccc1N=C2N1CCCN(S(=O)(=O)Cc2ccccc2)CC1. The Morgan fingerprint density at radius 1 is 0.912 bits per heavy atom. The van der Waals surface area contributed by atoms with Gasteiger partial charge in [0.1, 0.15) is 11.5 Å². The number of ether oxygens (including phenoxy) is 2. The number of amidine groups is 1. The van der Waals surface area contributed by atoms with Gasteiger partial charge in [-0.25, -0.2) is 13.4 Å². The van der Waals surface area contributed by atoms with Gasteiger partial charge in [-0.2, -0.15) is 4.31 Å². The lowest BCUT2D eigenvalue weighted by Crippen LogP contribution is -2.38. The van der Waals surface area contributed by atoms with Crippen LogP contribution in [0.15, 0.2) is 77.8 Å². The third kappa shape index (κ3) is 4.51. The topological polar surface area (TPSA) is 71.4 Å². The number of fused-ring (bicyclic) bond motifs is 2. The van der Waals surface area contributed by atoms with Crippen molar-refractivity contribution in [3.05, 3.63) is 83.9 Å². The molecule has 0 unspecified atom stereocenters. The van der Waals surface area contributed by atoms with Crippen molar-refractivity contribution in [2.24, 2.45) is 4.99 Å². The van der Waals surface area contributed by atoms with E-state index in [-0.39, 0.29) is 5.75 Å². The van der Waals surface area contributed by atoms with E-state index in [1.807, 2.05) is 72.8 Å². The standard InChI is InChI=1S/C26H27N3O4S/c1-32-24-14-7-11-21-25(24)33-23-13-6-5-12-22(23)27-26(21)28-15-8-16-29(18-17-28)34(30,31)19-20-9-3-2-4-10-20/h2-7,9-14H,8,15-19H2,1H3. The summed E-state index contributed by atoms with van der Waals surface area (Å²) in [5, 5.41) is 0. The molecule has 7 nitrogen and oxygen atoms in total. The summed E-state index contributed by atoms with van der Waals surface area (Å²) in [5.74, 6) is 2.68. The molecule has 8 heteroatoms. The van der Waals surface area contributed by atoms with Gasteiger partial charge in [0.05, 0.1) is 18.4 Å². The van der Waals surface area contributed by atoms with Crippen molar-refractivity contribution in [1.29, 1.82) is 0 Å². The first kappa shape index (κ1) is 22.4. The van der Waals surface area contributed by atoms with Crippen LogP contribution in [-0.4, -0.2) is 56.7 Å². The number of rotatable bonds is 4. The molecule has 1 fully saturated rings. The number of sulfonamides is 1. The van der Waals surface area contributed by atoms with Crippen LogP contribution in [0.25, 0.3) is 0 Å². The first-order chi connectivity index (χ1) is 16.5. The van der Waals surface area contributed by atoms with Crippen molar-refractivity contribution in [3.63, 3.8) is 0 Å². The predicted molar refractivity (Wildman–Crippen MR) is 133 cm³/mol. The van der Waals surface area contributed by atoms with Gasteiger partial charge in [-0.1, -0.05) is 48.5 Å². The molecule has 34 heavy (non-hydrogen) atoms. The molecule has 3 aromatic carbocycles. The summed E-state index contributed by atoms with van der Waals surface area (Å²) >= 11 is 0. The van der Waals surface area contributed by atoms with E-state index in [0.717, 1.165) is 22.6 Å². The minimum atomic E-state index is -3.42. The summed E-state index contributed by atoms with van der Waals surface area (Å²) in [6, 6.07) is 22.7. The molecule has 2 aliphatic rings. The third-order valence-corrected chi connectivity index (χ3v) is 7.93. The maximum Gasteiger partial charge on any atom is 0.218 e. The molecule has 0 saturated carbocycles. The van der Waals surface area contributed by atoms with E-state index in [9.17, 15) is 8.42 Å². The van der Waals surface area contributed by atoms with Gasteiger partial charge in [-0.05, 0) is 36.2 Å². The first-order valence-electron chi connectivity index (χ1n) is 11.3. The number of benzene rings is 3. The van der Waals surface area contributed by atoms with Crippen LogP contribution in [0.3, 0.4) is 0 Å². The molecule has 5 rings (SSSR count). The van der Waals surface area contributed by atoms with Crippen molar-refractivity contribution < 1.29 is 17.9 Å². The fraction of sp³-hybridized carbons (Fsp3) is 0.269. The molecule has 3 aromatic rings. The zero-order valence-electron chi connectivity index (χ0n) is 19.1. The highest BCUT2D eigenvalue weighted by molar-refractivity contribution is 7.88. The van der Waals surface area contributed by atoms with E-state index in [1.165, 1.54) is 0 Å². The Balaban J connectivity index is 1.44. The maximum absolute atomic E-state index is 13.1. The molecular weight excluding hydrogens is 450 g/mol. The quantitative estimate of drug-likeness (QED) is 0.556. The highest BCUT2D eigenvalue weighted by Gasteiger charge is 2.30. The van der Waals surface area contributed by atoms with Crippen molar-refractivity contribution in [3.8, 4) is 17.2 Å². The van der Waals surface area contributed by atoms with Gasteiger partial charge in [0.15, 0.2) is 17.2 Å². The van der Waals surface area contributed by atoms with Gasteiger partial charge in [-0.15, -0.1) is 0 Å². The summed E-state index contributed by atoms with van der Waals surface area (Å²) in [6.07, 6.45) is 0.703. The summed E-state index contributed by atoms with van der Waals surface area (Å²) < 4.78 is 39.7. The molecule has 0 amide bonds. The minimum Gasteiger partial charge on any atom is -0.493 e. The van der Waals surface area contributed by atoms with Crippen LogP contribution in [0.2, 0.25) is 0 Å². The van der Waals surface area contributed by atoms with Crippen LogP contribution in [-0.2, 0) is 15.8 Å². The molecule has 0 spiro atoms. The maximum atomic E-state index is 13.1. The molecule has 176 valence electrons. The van der Waals surface area contributed by atoms with E-state index in [2.05, 4.69) is 4.90 Å². The summed E-state index contributed by atoms with van der Waals surface area (Å²) in [5.41, 5.74) is 2.36. The summed E-state index contributed by atoms with van der Waals surface area (Å²) in [4.78, 5) is 7.12. The van der Waals surface area contributed by atoms with Crippen LogP contribution in [0.1, 0.15) is 17.5 Å². The van der Waals surface area contributed by atoms with Gasteiger partial charge < -0.3 is 14.4 Å². The molecule has 0 aromatic heterocycles. The average molecular weight is 478 g/mol. The van der Waals surface area contributed by atoms with Gasteiger partial charge in [-0.3, -0.25) is 0 Å². The molecule has 0 radical (unpaired) electrons. The fourth-order valence-corrected chi connectivity index (χ4v) is 5.94. The molecule has 1 saturated heterocycles. The van der Waals surface area contributed by atoms with Crippen LogP contribution >= 0.6 is 0 Å². The van der Waals surface area contributed by atoms with Crippen molar-refractivity contribution in [2.75, 3.05) is 33.3 Å². The second-order valence-corrected chi connectivity index (χ2v) is 10.3. The third-order valence-electron chi connectivity index (χ3n) is 6.08. The zero-order chi connectivity index (χ0) is 23.5. The number of nitrogens with zero attached hydrogens (tertiary/aromatic N) is 3. The number of hydrogen-bond donors (Lipinski definition) is 0. The normalized spacial score (nSPS) is 16.4. The number of methoxy groups -OCH3 is 1. The second kappa shape index (κ2) is 9.48. The highest BCUT2D eigenvalue weighted by Crippen LogP contribution is 2.42. The van der Waals surface area contributed by atoms with Gasteiger partial charge in [0.2, 0.25) is 10.0 Å². The van der Waals surface area contributed by atoms with E-state index in [4.69, 9.17) is 14.5 Å². The second-order valence-electron chi connectivity index (χ2n) is 8.32. The lowest BCUT2D eigenvalue weighted by molar-refractivity contribution is 0.378. The smallest absolute Gasteiger partial charge is 0.218 e. The average Bonchev–Trinajstić information content (AvgIpc) is 3.19. The monoisotopic (exact) mass is 477 g/mol. The van der Waals surface area contributed by atoms with Crippen LogP contribution < -0.4 is 9.47 Å². The van der Waals surface area contributed by atoms with Gasteiger partial charge >= 0.3 is 0 Å². The number of para-hydroxylation sites is 3. The molecule has 0 N–H and O–H groups in total. The van der Waals surface area contributed by atoms with E-state index in [1.54, 1.807) is 11.4 Å². The molecular formula is C26H27N3O4S. The summed E-state index contributed by atoms with van der Waals surface area (Å²) in [7, 11) is -1.80. The van der Waals surface area contributed by atoms with E-state index in [0.29, 0.717) is 49.8 Å². The lowest BCUT2D eigenvalue weighted by Gasteiger charge is -2.25. The Hall–Kier alpha value is -3.36. The van der Waals surface area contributed by atoms with E-state index >= 15 is 0 Å². The fourth-order valence-electron chi connectivity index (χ4n) is 4.38. The Morgan fingerprint density at radius 2 is 1.71 bits per heavy atom. The number of aliphatic imine (C=N–C) groups is 1. The van der Waals surface area contributed by atoms with E-state index < -0.39 is 10.0 Å². The van der Waals surface area contributed by atoms with Crippen molar-refractivity contribution in [1.82, 2.24) is 9.21 Å². The predicted octanol–water partition coefficient (Wildman–Crippen LogP) is 4.42. The zero-order valence-corrected chi connectivity index (χ0v) is 19.9. The molecule has 0 bridgehead atoms. The Bertz CT molecular complexity index is 1310. The Morgan fingerprint density at radius 3 is 2.53 bits per heavy atom. The minimum absolute atomic E-state index is 0.00995. The van der Waals surface area contributed by atoms with Crippen LogP contribution in [0.5, 0.6) is 17.2 Å². The van der Waals surface area contributed by atoms with Crippen molar-refractivity contribution >= 4 is 21.5 Å². The molecule has 0 atom stereocenters. The largest absolute Gasteiger partial charge is 0.493 e. The number of hydrogen-bond acceptors (Lipinski definition) is 6. The molecule has 2 aliphatic heterocycles. The summed E-state index contributed by atoms with van der Waals surface area (Å²) in [6.45, 7) is 2.10. The Labute approximate surface area is 200 Å².